The van der Waals surface area contributed by atoms with Crippen LogP contribution in [0.1, 0.15) is 25.0 Å². The zero-order valence-electron chi connectivity index (χ0n) is 16.9. The van der Waals surface area contributed by atoms with Crippen molar-refractivity contribution in [1.29, 1.82) is 0 Å². The summed E-state index contributed by atoms with van der Waals surface area (Å²) in [6.07, 6.45) is 0. The van der Waals surface area contributed by atoms with Crippen molar-refractivity contribution in [3.63, 3.8) is 0 Å². The third-order valence-corrected chi connectivity index (χ3v) is 5.87. The highest BCUT2D eigenvalue weighted by molar-refractivity contribution is 7.99. The van der Waals surface area contributed by atoms with Crippen LogP contribution < -0.4 is 5.32 Å². The highest BCUT2D eigenvalue weighted by atomic mass is 32.2. The molecule has 2 heterocycles. The first-order valence-corrected chi connectivity index (χ1v) is 10.4. The molecular weight excluding hydrogens is 376 g/mol. The molecule has 1 aliphatic rings. The number of carbonyl (C=O) groups excluding carboxylic acids is 1. The number of nitrogens with one attached hydrogen (secondary N) is 1. The van der Waals surface area contributed by atoms with E-state index in [1.54, 1.807) is 4.68 Å². The summed E-state index contributed by atoms with van der Waals surface area (Å²) in [5, 5.41) is 15.6. The van der Waals surface area contributed by atoms with Crippen LogP contribution in [0.2, 0.25) is 0 Å². The molecule has 3 rings (SSSR count). The van der Waals surface area contributed by atoms with E-state index in [-0.39, 0.29) is 17.2 Å². The number of nitrogens with zero attached hydrogens (tertiary/aromatic N) is 5. The molecule has 0 radical (unpaired) electrons. The van der Waals surface area contributed by atoms with Crippen molar-refractivity contribution >= 4 is 17.7 Å². The fourth-order valence-corrected chi connectivity index (χ4v) is 3.86. The van der Waals surface area contributed by atoms with Gasteiger partial charge in [0.2, 0.25) is 11.1 Å². The second-order valence-electron chi connectivity index (χ2n) is 7.64. The minimum Gasteiger partial charge on any atom is -0.379 e. The van der Waals surface area contributed by atoms with Gasteiger partial charge >= 0.3 is 0 Å². The molecule has 1 saturated heterocycles. The normalized spacial score (nSPS) is 15.6. The minimum absolute atomic E-state index is 0.0261. The maximum Gasteiger partial charge on any atom is 0.230 e. The molecular formula is C19H28N6O2S. The Hall–Kier alpha value is -1.97. The topological polar surface area (TPSA) is 85.2 Å². The number of amides is 1. The lowest BCUT2D eigenvalue weighted by molar-refractivity contribution is -0.119. The zero-order chi connectivity index (χ0) is 20.1. The number of rotatable bonds is 7. The summed E-state index contributed by atoms with van der Waals surface area (Å²) < 4.78 is 7.10. The highest BCUT2D eigenvalue weighted by Crippen LogP contribution is 2.21. The number of ether oxygens (including phenoxy) is 1. The average Bonchev–Trinajstić information content (AvgIpc) is 3.16. The van der Waals surface area contributed by atoms with Crippen LogP contribution in [0.15, 0.2) is 23.4 Å². The summed E-state index contributed by atoms with van der Waals surface area (Å²) in [7, 11) is 0. The van der Waals surface area contributed by atoms with Crippen molar-refractivity contribution in [2.24, 2.45) is 0 Å². The van der Waals surface area contributed by atoms with E-state index in [0.717, 1.165) is 43.1 Å². The minimum atomic E-state index is -0.107. The molecule has 1 aliphatic heterocycles. The lowest BCUT2D eigenvalue weighted by atomic mass is 10.0. The number of carbonyl (C=O) groups is 1. The molecule has 0 aliphatic carbocycles. The Kier molecular flexibility index (Phi) is 6.69. The Morgan fingerprint density at radius 3 is 2.79 bits per heavy atom. The maximum absolute atomic E-state index is 12.4. The number of thioether (sulfide) groups is 1. The van der Waals surface area contributed by atoms with E-state index in [0.29, 0.717) is 11.7 Å². The second-order valence-corrected chi connectivity index (χ2v) is 8.58. The van der Waals surface area contributed by atoms with Crippen LogP contribution in [0.25, 0.3) is 5.69 Å². The Bertz CT molecular complexity index is 817. The van der Waals surface area contributed by atoms with Crippen LogP contribution in [-0.2, 0) is 9.53 Å². The quantitative estimate of drug-likeness (QED) is 0.702. The average molecular weight is 405 g/mol. The lowest BCUT2D eigenvalue weighted by Crippen LogP contribution is -2.55. The van der Waals surface area contributed by atoms with Crippen LogP contribution >= 0.6 is 11.8 Å². The molecule has 152 valence electrons. The first kappa shape index (κ1) is 20.8. The summed E-state index contributed by atoms with van der Waals surface area (Å²) in [6.45, 7) is 12.2. The molecule has 1 aromatic heterocycles. The number of tetrazole rings is 1. The van der Waals surface area contributed by atoms with E-state index >= 15 is 0 Å². The molecule has 1 amide bonds. The van der Waals surface area contributed by atoms with Crippen LogP contribution in [0, 0.1) is 13.8 Å². The number of morpholine rings is 1. The maximum atomic E-state index is 12.4. The van der Waals surface area contributed by atoms with E-state index in [1.165, 1.54) is 11.8 Å². The van der Waals surface area contributed by atoms with Gasteiger partial charge in [-0.15, -0.1) is 5.10 Å². The monoisotopic (exact) mass is 404 g/mol. The molecule has 9 heteroatoms. The molecule has 0 atom stereocenters. The third-order valence-electron chi connectivity index (χ3n) is 4.95. The van der Waals surface area contributed by atoms with E-state index in [2.05, 4.69) is 45.7 Å². The first-order chi connectivity index (χ1) is 13.4. The molecule has 8 nitrogen and oxygen atoms in total. The second kappa shape index (κ2) is 9.02. The molecule has 28 heavy (non-hydrogen) atoms. The van der Waals surface area contributed by atoms with Crippen LogP contribution in [0.5, 0.6) is 0 Å². The van der Waals surface area contributed by atoms with E-state index in [1.807, 2.05) is 26.0 Å². The number of benzene rings is 1. The van der Waals surface area contributed by atoms with Gasteiger partial charge in [-0.3, -0.25) is 9.69 Å². The lowest BCUT2D eigenvalue weighted by Gasteiger charge is -2.40. The largest absolute Gasteiger partial charge is 0.379 e. The molecule has 0 unspecified atom stereocenters. The number of aryl methyl sites for hydroxylation is 2. The SMILES string of the molecule is Cc1ccc(C)c(-n2nnnc2SCC(=O)NCC(C)(C)N2CCOCC2)c1. The predicted octanol–water partition coefficient (Wildman–Crippen LogP) is 1.60. The Balaban J connectivity index is 1.55. The van der Waals surface area contributed by atoms with Crippen molar-refractivity contribution < 1.29 is 9.53 Å². The molecule has 1 aromatic carbocycles. The molecule has 1 fully saturated rings. The number of hydrogen-bond acceptors (Lipinski definition) is 7. The zero-order valence-corrected chi connectivity index (χ0v) is 17.8. The smallest absolute Gasteiger partial charge is 0.230 e. The molecule has 1 N–H and O–H groups in total. The van der Waals surface area contributed by atoms with Gasteiger partial charge in [-0.05, 0) is 55.3 Å². The van der Waals surface area contributed by atoms with Crippen LogP contribution in [0.3, 0.4) is 0 Å². The first-order valence-electron chi connectivity index (χ1n) is 9.45. The van der Waals surface area contributed by atoms with Gasteiger partial charge in [-0.1, -0.05) is 23.9 Å². The van der Waals surface area contributed by atoms with Crippen molar-refractivity contribution in [3.05, 3.63) is 29.3 Å². The van der Waals surface area contributed by atoms with Gasteiger partial charge in [0.1, 0.15) is 0 Å². The molecule has 0 bridgehead atoms. The molecule has 0 saturated carbocycles. The Morgan fingerprint density at radius 1 is 1.29 bits per heavy atom. The standard InChI is InChI=1S/C19H28N6O2S/c1-14-5-6-15(2)16(11-14)25-18(21-22-23-25)28-12-17(26)20-13-19(3,4)24-7-9-27-10-8-24/h5-6,11H,7-10,12-13H2,1-4H3,(H,20,26). The Morgan fingerprint density at radius 2 is 2.04 bits per heavy atom. The van der Waals surface area contributed by atoms with Gasteiger partial charge in [0.25, 0.3) is 0 Å². The van der Waals surface area contributed by atoms with E-state index < -0.39 is 0 Å². The predicted molar refractivity (Wildman–Crippen MR) is 109 cm³/mol. The summed E-state index contributed by atoms with van der Waals surface area (Å²) in [6, 6.07) is 6.14. The van der Waals surface area contributed by atoms with E-state index in [4.69, 9.17) is 4.74 Å². The third kappa shape index (κ3) is 5.09. The number of aromatic nitrogens is 4. The van der Waals surface area contributed by atoms with Crippen molar-refractivity contribution in [2.75, 3.05) is 38.6 Å². The summed E-state index contributed by atoms with van der Waals surface area (Å²) >= 11 is 1.34. The number of hydrogen-bond donors (Lipinski definition) is 1. The van der Waals surface area contributed by atoms with Crippen LogP contribution in [0.4, 0.5) is 0 Å². The fourth-order valence-electron chi connectivity index (χ4n) is 3.14. The van der Waals surface area contributed by atoms with Gasteiger partial charge in [0, 0.05) is 25.2 Å². The summed E-state index contributed by atoms with van der Waals surface area (Å²) in [4.78, 5) is 14.7. The molecule has 0 spiro atoms. The van der Waals surface area contributed by atoms with Gasteiger partial charge in [-0.25, -0.2) is 0 Å². The van der Waals surface area contributed by atoms with Gasteiger partial charge < -0.3 is 10.1 Å². The van der Waals surface area contributed by atoms with Gasteiger partial charge in [0.05, 0.1) is 24.7 Å². The molecule has 2 aromatic rings. The fraction of sp³-hybridized carbons (Fsp3) is 0.579. The van der Waals surface area contributed by atoms with E-state index in [9.17, 15) is 4.79 Å². The van der Waals surface area contributed by atoms with Crippen molar-refractivity contribution in [3.8, 4) is 5.69 Å². The van der Waals surface area contributed by atoms with Gasteiger partial charge in [0.15, 0.2) is 0 Å². The Labute approximate surface area is 170 Å². The van der Waals surface area contributed by atoms with Crippen molar-refractivity contribution in [2.45, 2.75) is 38.4 Å². The van der Waals surface area contributed by atoms with Crippen LogP contribution in [-0.4, -0.2) is 75.2 Å². The van der Waals surface area contributed by atoms with Crippen molar-refractivity contribution in [1.82, 2.24) is 30.4 Å². The summed E-state index contributed by atoms with van der Waals surface area (Å²) in [5.41, 5.74) is 3.04. The van der Waals surface area contributed by atoms with Gasteiger partial charge in [-0.2, -0.15) is 4.68 Å². The summed E-state index contributed by atoms with van der Waals surface area (Å²) in [5.74, 6) is 0.242. The highest BCUT2D eigenvalue weighted by Gasteiger charge is 2.28.